The van der Waals surface area contributed by atoms with E-state index in [1.165, 1.54) is 12.5 Å². The Morgan fingerprint density at radius 2 is 1.69 bits per heavy atom. The summed E-state index contributed by atoms with van der Waals surface area (Å²) < 4.78 is 0. The Hall–Kier alpha value is -4.19. The lowest BCUT2D eigenvalue weighted by Crippen LogP contribution is -2.57. The third-order valence-electron chi connectivity index (χ3n) is 5.78. The van der Waals surface area contributed by atoms with Gasteiger partial charge in [-0.25, -0.2) is 9.78 Å². The number of hydrogen-bond donors (Lipinski definition) is 7. The number of carboxylic acids is 1. The molecule has 0 spiro atoms. The van der Waals surface area contributed by atoms with E-state index in [2.05, 4.69) is 30.9 Å². The van der Waals surface area contributed by atoms with Crippen molar-refractivity contribution in [1.82, 2.24) is 30.9 Å². The summed E-state index contributed by atoms with van der Waals surface area (Å²) in [5.74, 6) is -3.38. The summed E-state index contributed by atoms with van der Waals surface area (Å²) in [5.41, 5.74) is 7.69. The summed E-state index contributed by atoms with van der Waals surface area (Å²) in [6.45, 7) is 3.02. The number of carboxylic acid groups (broad SMARTS) is 1. The number of aromatic nitrogens is 3. The van der Waals surface area contributed by atoms with E-state index < -0.39 is 41.8 Å². The number of para-hydroxylation sites is 1. The molecule has 2 heterocycles. The van der Waals surface area contributed by atoms with Gasteiger partial charge in [0.25, 0.3) is 0 Å². The molecule has 3 unspecified atom stereocenters. The third kappa shape index (κ3) is 6.69. The van der Waals surface area contributed by atoms with E-state index in [4.69, 9.17) is 5.73 Å². The van der Waals surface area contributed by atoms with Crippen LogP contribution < -0.4 is 21.7 Å². The minimum absolute atomic E-state index is 0.0344. The Labute approximate surface area is 207 Å². The van der Waals surface area contributed by atoms with Crippen molar-refractivity contribution in [3.8, 4) is 0 Å². The number of hydrogen-bond acceptors (Lipinski definition) is 6. The van der Waals surface area contributed by atoms with Crippen molar-refractivity contribution in [1.29, 1.82) is 0 Å². The molecule has 0 fully saturated rings. The standard InChI is InChI=1S/C24H31N7O5/c1-13(2)21(24(35)36)31-23(34)19(8-15-11-26-12-28-15)30-22(33)18(29-20(32)9-25)7-14-10-27-17-6-4-3-5-16(14)17/h3-6,10-13,18-19,21,27H,7-9,25H2,1-2H3,(H,26,28)(H,29,32)(H,30,33)(H,31,34)(H,35,36). The van der Waals surface area contributed by atoms with Crippen LogP contribution in [0.25, 0.3) is 10.9 Å². The van der Waals surface area contributed by atoms with Gasteiger partial charge >= 0.3 is 5.97 Å². The maximum atomic E-state index is 13.4. The molecular weight excluding hydrogens is 466 g/mol. The molecule has 3 atom stereocenters. The molecule has 2 aromatic heterocycles. The average Bonchev–Trinajstić information content (AvgIpc) is 3.51. The minimum atomic E-state index is -1.18. The highest BCUT2D eigenvalue weighted by molar-refractivity contribution is 5.94. The molecule has 12 nitrogen and oxygen atoms in total. The molecule has 0 aliphatic heterocycles. The van der Waals surface area contributed by atoms with Crippen molar-refractivity contribution in [3.05, 3.63) is 54.2 Å². The molecule has 0 aliphatic carbocycles. The van der Waals surface area contributed by atoms with E-state index in [0.717, 1.165) is 16.5 Å². The van der Waals surface area contributed by atoms with Gasteiger partial charge in [0, 0.05) is 41.8 Å². The first-order valence-electron chi connectivity index (χ1n) is 11.5. The predicted molar refractivity (Wildman–Crippen MR) is 132 cm³/mol. The molecule has 1 aromatic carbocycles. The summed E-state index contributed by atoms with van der Waals surface area (Å²) in [4.78, 5) is 60.1. The molecule has 192 valence electrons. The third-order valence-corrected chi connectivity index (χ3v) is 5.78. The lowest BCUT2D eigenvalue weighted by atomic mass is 10.0. The van der Waals surface area contributed by atoms with Crippen molar-refractivity contribution in [3.63, 3.8) is 0 Å². The van der Waals surface area contributed by atoms with Gasteiger partial charge in [0.15, 0.2) is 0 Å². The number of nitrogens with two attached hydrogens (primary N) is 1. The Balaban J connectivity index is 1.83. The Kier molecular flexibility index (Phi) is 8.79. The van der Waals surface area contributed by atoms with Gasteiger partial charge in [0.2, 0.25) is 17.7 Å². The van der Waals surface area contributed by atoms with Crippen molar-refractivity contribution < 1.29 is 24.3 Å². The number of carbonyl (C=O) groups excluding carboxylic acids is 3. The van der Waals surface area contributed by atoms with Crippen LogP contribution in [0.3, 0.4) is 0 Å². The second-order valence-corrected chi connectivity index (χ2v) is 8.80. The van der Waals surface area contributed by atoms with Crippen molar-refractivity contribution >= 4 is 34.6 Å². The van der Waals surface area contributed by atoms with Crippen LogP contribution in [0.1, 0.15) is 25.1 Å². The van der Waals surface area contributed by atoms with E-state index in [0.29, 0.717) is 5.69 Å². The first-order valence-corrected chi connectivity index (χ1v) is 11.5. The number of benzene rings is 1. The topological polar surface area (TPSA) is 195 Å². The minimum Gasteiger partial charge on any atom is -0.480 e. The van der Waals surface area contributed by atoms with Crippen LogP contribution in [-0.4, -0.2) is 68.4 Å². The zero-order chi connectivity index (χ0) is 26.2. The smallest absolute Gasteiger partial charge is 0.326 e. The van der Waals surface area contributed by atoms with Crippen LogP contribution in [0.2, 0.25) is 0 Å². The monoisotopic (exact) mass is 497 g/mol. The first-order chi connectivity index (χ1) is 17.2. The number of imidazole rings is 1. The van der Waals surface area contributed by atoms with Gasteiger partial charge in [-0.1, -0.05) is 32.0 Å². The molecular formula is C24H31N7O5. The van der Waals surface area contributed by atoms with Crippen molar-refractivity contribution in [2.75, 3.05) is 6.54 Å². The Morgan fingerprint density at radius 1 is 1.00 bits per heavy atom. The maximum Gasteiger partial charge on any atom is 0.326 e. The molecule has 0 radical (unpaired) electrons. The number of rotatable bonds is 12. The zero-order valence-electron chi connectivity index (χ0n) is 20.1. The van der Waals surface area contributed by atoms with Crippen molar-refractivity contribution in [2.45, 2.75) is 44.8 Å². The molecule has 3 aromatic rings. The number of aliphatic carboxylic acids is 1. The number of fused-ring (bicyclic) bond motifs is 1. The second kappa shape index (κ2) is 12.0. The van der Waals surface area contributed by atoms with Crippen LogP contribution in [-0.2, 0) is 32.0 Å². The highest BCUT2D eigenvalue weighted by Crippen LogP contribution is 2.19. The summed E-state index contributed by atoms with van der Waals surface area (Å²) in [6, 6.07) is 4.24. The SMILES string of the molecule is CC(C)C(NC(=O)C(Cc1cnc[nH]1)NC(=O)C(Cc1c[nH]c2ccccc12)NC(=O)CN)C(=O)O. The summed E-state index contributed by atoms with van der Waals surface area (Å²) >= 11 is 0. The van der Waals surface area contributed by atoms with Gasteiger partial charge in [-0.05, 0) is 17.5 Å². The fourth-order valence-corrected chi connectivity index (χ4v) is 3.85. The van der Waals surface area contributed by atoms with Crippen LogP contribution >= 0.6 is 0 Å². The van der Waals surface area contributed by atoms with E-state index in [1.54, 1.807) is 20.0 Å². The maximum absolute atomic E-state index is 13.4. The number of nitrogens with one attached hydrogen (secondary N) is 5. The number of amides is 3. The molecule has 3 rings (SSSR count). The summed E-state index contributed by atoms with van der Waals surface area (Å²) in [6.07, 6.45) is 4.87. The molecule has 12 heteroatoms. The number of carbonyl (C=O) groups is 4. The molecule has 3 amide bonds. The largest absolute Gasteiger partial charge is 0.480 e. The summed E-state index contributed by atoms with van der Waals surface area (Å²) in [5, 5.41) is 18.2. The zero-order valence-corrected chi connectivity index (χ0v) is 20.1. The summed E-state index contributed by atoms with van der Waals surface area (Å²) in [7, 11) is 0. The van der Waals surface area contributed by atoms with Crippen LogP contribution in [0.5, 0.6) is 0 Å². The number of H-pyrrole nitrogens is 2. The molecule has 0 saturated heterocycles. The van der Waals surface area contributed by atoms with E-state index >= 15 is 0 Å². The van der Waals surface area contributed by atoms with E-state index in [-0.39, 0.29) is 25.3 Å². The molecule has 0 bridgehead atoms. The molecule has 0 aliphatic rings. The van der Waals surface area contributed by atoms with Gasteiger partial charge in [-0.3, -0.25) is 14.4 Å². The number of aromatic amines is 2. The predicted octanol–water partition coefficient (Wildman–Crippen LogP) is -0.170. The van der Waals surface area contributed by atoms with E-state index in [9.17, 15) is 24.3 Å². The van der Waals surface area contributed by atoms with Gasteiger partial charge < -0.3 is 36.8 Å². The highest BCUT2D eigenvalue weighted by Gasteiger charge is 2.31. The molecule has 36 heavy (non-hydrogen) atoms. The van der Waals surface area contributed by atoms with Gasteiger partial charge in [0.1, 0.15) is 18.1 Å². The van der Waals surface area contributed by atoms with E-state index in [1.807, 2.05) is 24.3 Å². The van der Waals surface area contributed by atoms with Crippen LogP contribution in [0.4, 0.5) is 0 Å². The Bertz CT molecular complexity index is 1200. The fourth-order valence-electron chi connectivity index (χ4n) is 3.85. The molecule has 8 N–H and O–H groups in total. The lowest BCUT2D eigenvalue weighted by Gasteiger charge is -2.25. The van der Waals surface area contributed by atoms with Gasteiger partial charge in [-0.2, -0.15) is 0 Å². The quantitative estimate of drug-likeness (QED) is 0.180. The van der Waals surface area contributed by atoms with Crippen LogP contribution in [0, 0.1) is 5.92 Å². The highest BCUT2D eigenvalue weighted by atomic mass is 16.4. The van der Waals surface area contributed by atoms with Crippen LogP contribution in [0.15, 0.2) is 43.0 Å². The van der Waals surface area contributed by atoms with Gasteiger partial charge in [-0.15, -0.1) is 0 Å². The Morgan fingerprint density at radius 3 is 2.33 bits per heavy atom. The molecule has 0 saturated carbocycles. The second-order valence-electron chi connectivity index (χ2n) is 8.80. The van der Waals surface area contributed by atoms with Gasteiger partial charge in [0.05, 0.1) is 12.9 Å². The first kappa shape index (κ1) is 26.4. The normalized spacial score (nSPS) is 13.7. The fraction of sp³-hybridized carbons (Fsp3) is 0.375. The average molecular weight is 498 g/mol. The van der Waals surface area contributed by atoms with Crippen molar-refractivity contribution in [2.24, 2.45) is 11.7 Å². The lowest BCUT2D eigenvalue weighted by molar-refractivity contribution is -0.143. The number of nitrogens with zero attached hydrogens (tertiary/aromatic N) is 1.